The third kappa shape index (κ3) is 4.76. The van der Waals surface area contributed by atoms with Crippen molar-refractivity contribution in [2.45, 2.75) is 18.5 Å². The van der Waals surface area contributed by atoms with E-state index in [1.165, 1.54) is 66.0 Å². The third-order valence-electron chi connectivity index (χ3n) is 11.8. The number of rotatable bonds is 6. The summed E-state index contributed by atoms with van der Waals surface area (Å²) in [6.45, 7) is 4.97. The molecule has 0 amide bonds. The molecule has 0 saturated heterocycles. The zero-order chi connectivity index (χ0) is 35.6. The van der Waals surface area contributed by atoms with Crippen LogP contribution in [0, 0.1) is 0 Å². The first-order valence-corrected chi connectivity index (χ1v) is 21.6. The lowest BCUT2D eigenvalue weighted by atomic mass is 9.68. The van der Waals surface area contributed by atoms with Crippen LogP contribution in [-0.2, 0) is 5.41 Å². The second-order valence-electron chi connectivity index (χ2n) is 14.9. The van der Waals surface area contributed by atoms with Crippen LogP contribution >= 0.6 is 0 Å². The molecule has 0 unspecified atom stereocenters. The van der Waals surface area contributed by atoms with Crippen molar-refractivity contribution in [2.24, 2.45) is 0 Å². The van der Waals surface area contributed by atoms with Gasteiger partial charge in [0.15, 0.2) is 0 Å². The number of anilines is 3. The van der Waals surface area contributed by atoms with E-state index in [4.69, 9.17) is 0 Å². The highest BCUT2D eigenvalue weighted by Crippen LogP contribution is 2.56. The smallest absolute Gasteiger partial charge is 0.113 e. The quantitative estimate of drug-likeness (QED) is 0.157. The van der Waals surface area contributed by atoms with E-state index >= 15 is 0 Å². The van der Waals surface area contributed by atoms with Crippen molar-refractivity contribution in [3.05, 3.63) is 222 Å². The van der Waals surface area contributed by atoms with Gasteiger partial charge >= 0.3 is 0 Å². The van der Waals surface area contributed by atoms with Crippen molar-refractivity contribution in [3.63, 3.8) is 0 Å². The van der Waals surface area contributed by atoms with E-state index in [2.05, 4.69) is 218 Å². The average Bonchev–Trinajstić information content (AvgIpc) is 3.65. The Morgan fingerprint density at radius 1 is 0.358 bits per heavy atom. The van der Waals surface area contributed by atoms with Gasteiger partial charge in [-0.1, -0.05) is 177 Å². The summed E-state index contributed by atoms with van der Waals surface area (Å²) < 4.78 is 0. The zero-order valence-electron chi connectivity index (χ0n) is 30.0. The number of fused-ring (bicyclic) bond motifs is 6. The molecule has 10 rings (SSSR count). The first-order chi connectivity index (χ1) is 26.0. The lowest BCUT2D eigenvalue weighted by Gasteiger charge is -2.34. The van der Waals surface area contributed by atoms with Crippen molar-refractivity contribution in [1.29, 1.82) is 0 Å². The van der Waals surface area contributed by atoms with E-state index in [1.54, 1.807) is 0 Å². The van der Waals surface area contributed by atoms with Crippen molar-refractivity contribution < 1.29 is 0 Å². The summed E-state index contributed by atoms with van der Waals surface area (Å²) in [5.74, 6) is 0. The predicted molar refractivity (Wildman–Crippen MR) is 226 cm³/mol. The first kappa shape index (κ1) is 31.5. The molecule has 0 atom stereocenters. The molecular formula is C51H39NSi. The van der Waals surface area contributed by atoms with Crippen LogP contribution in [-0.4, -0.2) is 8.07 Å². The molecule has 2 aliphatic rings. The van der Waals surface area contributed by atoms with Gasteiger partial charge in [-0.25, -0.2) is 0 Å². The zero-order valence-corrected chi connectivity index (χ0v) is 31.0. The maximum atomic E-state index is 2.49. The molecule has 8 aromatic carbocycles. The molecule has 0 saturated carbocycles. The molecule has 0 bridgehead atoms. The minimum Gasteiger partial charge on any atom is -0.310 e. The Kier molecular flexibility index (Phi) is 7.25. The summed E-state index contributed by atoms with van der Waals surface area (Å²) in [5, 5.41) is 3.04. The van der Waals surface area contributed by atoms with Crippen molar-refractivity contribution in [1.82, 2.24) is 0 Å². The summed E-state index contributed by atoms with van der Waals surface area (Å²) >= 11 is 0. The summed E-state index contributed by atoms with van der Waals surface area (Å²) in [5.41, 5.74) is 16.0. The van der Waals surface area contributed by atoms with Crippen molar-refractivity contribution in [3.8, 4) is 33.4 Å². The standard InChI is InChI=1S/C51H39NSi/c1-53(2)49-27-14-11-24-45(49)46-35-42(32-33-50(46)53)52(41-21-15-18-37(34-41)36-16-5-3-6-17-36)40-30-28-39(29-31-40)51(38-19-7-4-8-20-38)47-25-12-9-22-43(47)44-23-10-13-26-48(44)51/h3-35H,1-2H3. The third-order valence-corrected chi connectivity index (χ3v) is 15.3. The topological polar surface area (TPSA) is 3.24 Å². The fourth-order valence-electron chi connectivity index (χ4n) is 9.32. The van der Waals surface area contributed by atoms with Crippen LogP contribution < -0.4 is 15.3 Å². The molecule has 53 heavy (non-hydrogen) atoms. The van der Waals surface area contributed by atoms with Crippen molar-refractivity contribution >= 4 is 35.5 Å². The Morgan fingerprint density at radius 2 is 0.868 bits per heavy atom. The molecule has 0 spiro atoms. The van der Waals surface area contributed by atoms with Gasteiger partial charge in [-0.15, -0.1) is 0 Å². The lowest BCUT2D eigenvalue weighted by Crippen LogP contribution is -2.49. The SMILES string of the molecule is C[Si]1(C)c2ccccc2-c2cc(N(c3ccc(C4(c5ccccc5)c5ccccc5-c5ccccc54)cc3)c3cccc(-c4ccccc4)c3)ccc21. The molecule has 252 valence electrons. The molecule has 1 aliphatic carbocycles. The van der Waals surface area contributed by atoms with Gasteiger partial charge in [0.2, 0.25) is 0 Å². The highest BCUT2D eigenvalue weighted by atomic mass is 28.3. The van der Waals surface area contributed by atoms with Crippen LogP contribution in [0.1, 0.15) is 22.3 Å². The monoisotopic (exact) mass is 693 g/mol. The summed E-state index contributed by atoms with van der Waals surface area (Å²) in [4.78, 5) is 2.44. The fraction of sp³-hybridized carbons (Fsp3) is 0.0588. The van der Waals surface area contributed by atoms with Gasteiger partial charge in [-0.3, -0.25) is 0 Å². The Hall–Kier alpha value is -6.22. The second-order valence-corrected chi connectivity index (χ2v) is 19.2. The molecule has 0 N–H and O–H groups in total. The van der Waals surface area contributed by atoms with E-state index in [0.717, 1.165) is 17.1 Å². The number of hydrogen-bond acceptors (Lipinski definition) is 1. The molecule has 0 fully saturated rings. The van der Waals surface area contributed by atoms with Crippen LogP contribution in [0.2, 0.25) is 13.1 Å². The molecule has 0 aromatic heterocycles. The molecule has 1 nitrogen and oxygen atoms in total. The van der Waals surface area contributed by atoms with Crippen LogP contribution in [0.15, 0.2) is 200 Å². The Balaban J connectivity index is 1.17. The Morgan fingerprint density at radius 3 is 1.57 bits per heavy atom. The maximum Gasteiger partial charge on any atom is 0.113 e. The fourth-order valence-corrected chi connectivity index (χ4v) is 12.4. The van der Waals surface area contributed by atoms with Gasteiger partial charge in [-0.05, 0) is 102 Å². The van der Waals surface area contributed by atoms with Gasteiger partial charge in [0.1, 0.15) is 8.07 Å². The van der Waals surface area contributed by atoms with E-state index in [1.807, 2.05) is 0 Å². The minimum atomic E-state index is -1.79. The van der Waals surface area contributed by atoms with E-state index in [9.17, 15) is 0 Å². The van der Waals surface area contributed by atoms with E-state index < -0.39 is 13.5 Å². The lowest BCUT2D eigenvalue weighted by molar-refractivity contribution is 0.768. The normalized spacial score (nSPS) is 14.2. The van der Waals surface area contributed by atoms with Gasteiger partial charge in [0, 0.05) is 17.1 Å². The van der Waals surface area contributed by atoms with Crippen LogP contribution in [0.25, 0.3) is 33.4 Å². The summed E-state index contributed by atoms with van der Waals surface area (Å²) in [6.07, 6.45) is 0. The molecule has 1 heterocycles. The first-order valence-electron chi connectivity index (χ1n) is 18.6. The number of hydrogen-bond donors (Lipinski definition) is 0. The number of benzene rings is 8. The van der Waals surface area contributed by atoms with Gasteiger partial charge in [-0.2, -0.15) is 0 Å². The highest BCUT2D eigenvalue weighted by Gasteiger charge is 2.46. The van der Waals surface area contributed by atoms with Gasteiger partial charge in [0.25, 0.3) is 0 Å². The molecule has 8 aromatic rings. The van der Waals surface area contributed by atoms with E-state index in [-0.39, 0.29) is 0 Å². The molecular weight excluding hydrogens is 655 g/mol. The van der Waals surface area contributed by atoms with E-state index in [0.29, 0.717) is 0 Å². The van der Waals surface area contributed by atoms with Crippen LogP contribution in [0.3, 0.4) is 0 Å². The largest absolute Gasteiger partial charge is 0.310 e. The Labute approximate surface area is 313 Å². The molecule has 1 aliphatic heterocycles. The maximum absolute atomic E-state index is 2.49. The van der Waals surface area contributed by atoms with Gasteiger partial charge < -0.3 is 4.90 Å². The predicted octanol–water partition coefficient (Wildman–Crippen LogP) is 12.0. The van der Waals surface area contributed by atoms with Crippen molar-refractivity contribution in [2.75, 3.05) is 4.90 Å². The number of nitrogens with zero attached hydrogens (tertiary/aromatic N) is 1. The molecule has 0 radical (unpaired) electrons. The Bertz CT molecular complexity index is 2590. The minimum absolute atomic E-state index is 0.432. The summed E-state index contributed by atoms with van der Waals surface area (Å²) in [6, 6.07) is 74.3. The average molecular weight is 694 g/mol. The van der Waals surface area contributed by atoms with Crippen LogP contribution in [0.5, 0.6) is 0 Å². The highest BCUT2D eigenvalue weighted by molar-refractivity contribution is 7.03. The summed E-state index contributed by atoms with van der Waals surface area (Å²) in [7, 11) is -1.79. The van der Waals surface area contributed by atoms with Gasteiger partial charge in [0.05, 0.1) is 5.41 Å². The van der Waals surface area contributed by atoms with Crippen LogP contribution in [0.4, 0.5) is 17.1 Å². The second kappa shape index (κ2) is 12.2. The molecule has 2 heteroatoms.